The molecule has 1 aliphatic rings. The highest BCUT2D eigenvalue weighted by molar-refractivity contribution is 5.22. The van der Waals surface area contributed by atoms with Gasteiger partial charge in [0.05, 0.1) is 0 Å². The SMILES string of the molecule is CNC(CCN1CCCC1(C)C)c1cccc(F)c1F. The molecule has 4 heteroatoms. The fourth-order valence-electron chi connectivity index (χ4n) is 3.11. The number of benzene rings is 1. The average Bonchev–Trinajstić information content (AvgIpc) is 2.74. The number of nitrogens with one attached hydrogen (secondary N) is 1. The lowest BCUT2D eigenvalue weighted by molar-refractivity contribution is 0.166. The highest BCUT2D eigenvalue weighted by Gasteiger charge is 2.31. The molecule has 2 nitrogen and oxygen atoms in total. The molecule has 0 spiro atoms. The molecule has 1 heterocycles. The van der Waals surface area contributed by atoms with Gasteiger partial charge in [0.25, 0.3) is 0 Å². The van der Waals surface area contributed by atoms with Crippen LogP contribution in [0.3, 0.4) is 0 Å². The Balaban J connectivity index is 2.04. The number of halogens is 2. The van der Waals surface area contributed by atoms with E-state index in [1.807, 2.05) is 0 Å². The monoisotopic (exact) mass is 282 g/mol. The lowest BCUT2D eigenvalue weighted by Gasteiger charge is -2.32. The van der Waals surface area contributed by atoms with E-state index in [2.05, 4.69) is 24.1 Å². The van der Waals surface area contributed by atoms with Crippen LogP contribution in [0.4, 0.5) is 8.78 Å². The van der Waals surface area contributed by atoms with Crippen molar-refractivity contribution in [2.75, 3.05) is 20.1 Å². The smallest absolute Gasteiger partial charge is 0.163 e. The minimum absolute atomic E-state index is 0.151. The van der Waals surface area contributed by atoms with Crippen molar-refractivity contribution in [3.63, 3.8) is 0 Å². The Morgan fingerprint density at radius 2 is 2.10 bits per heavy atom. The first-order chi connectivity index (χ1) is 9.45. The van der Waals surface area contributed by atoms with E-state index in [-0.39, 0.29) is 11.6 Å². The molecule has 0 saturated carbocycles. The summed E-state index contributed by atoms with van der Waals surface area (Å²) in [5.74, 6) is -1.50. The Kier molecular flexibility index (Phi) is 4.76. The highest BCUT2D eigenvalue weighted by Crippen LogP contribution is 2.30. The molecule has 1 aliphatic heterocycles. The maximum absolute atomic E-state index is 13.9. The Morgan fingerprint density at radius 1 is 1.35 bits per heavy atom. The zero-order valence-electron chi connectivity index (χ0n) is 12.5. The van der Waals surface area contributed by atoms with E-state index in [1.165, 1.54) is 12.8 Å². The molecule has 1 atom stereocenters. The van der Waals surface area contributed by atoms with Crippen LogP contribution in [0, 0.1) is 11.6 Å². The summed E-state index contributed by atoms with van der Waals surface area (Å²) in [4.78, 5) is 2.44. The van der Waals surface area contributed by atoms with Gasteiger partial charge in [-0.2, -0.15) is 0 Å². The maximum atomic E-state index is 13.9. The van der Waals surface area contributed by atoms with Crippen LogP contribution in [0.5, 0.6) is 0 Å². The summed E-state index contributed by atoms with van der Waals surface area (Å²) in [6, 6.07) is 4.24. The van der Waals surface area contributed by atoms with Gasteiger partial charge in [-0.1, -0.05) is 12.1 Å². The van der Waals surface area contributed by atoms with E-state index >= 15 is 0 Å². The average molecular weight is 282 g/mol. The number of nitrogens with zero attached hydrogens (tertiary/aromatic N) is 1. The van der Waals surface area contributed by atoms with Gasteiger partial charge >= 0.3 is 0 Å². The molecule has 0 aliphatic carbocycles. The fourth-order valence-corrected chi connectivity index (χ4v) is 3.11. The third kappa shape index (κ3) is 3.18. The zero-order valence-corrected chi connectivity index (χ0v) is 12.5. The minimum atomic E-state index is -0.774. The Labute approximate surface area is 120 Å². The van der Waals surface area contributed by atoms with Crippen molar-refractivity contribution in [1.29, 1.82) is 0 Å². The van der Waals surface area contributed by atoms with Gasteiger partial charge in [-0.15, -0.1) is 0 Å². The second-order valence-corrected chi connectivity index (χ2v) is 6.18. The third-order valence-corrected chi connectivity index (χ3v) is 4.47. The molecule has 0 bridgehead atoms. The Bertz CT molecular complexity index is 460. The number of likely N-dealkylation sites (tertiary alicyclic amines) is 1. The van der Waals surface area contributed by atoms with Gasteiger partial charge in [0.1, 0.15) is 0 Å². The van der Waals surface area contributed by atoms with E-state index in [1.54, 1.807) is 19.2 Å². The normalized spacial score (nSPS) is 20.2. The summed E-state index contributed by atoms with van der Waals surface area (Å²) < 4.78 is 27.2. The van der Waals surface area contributed by atoms with Crippen LogP contribution >= 0.6 is 0 Å². The molecule has 1 fully saturated rings. The van der Waals surface area contributed by atoms with Crippen LogP contribution in [0.15, 0.2) is 18.2 Å². The third-order valence-electron chi connectivity index (χ3n) is 4.47. The molecule has 0 radical (unpaired) electrons. The van der Waals surface area contributed by atoms with E-state index in [0.717, 1.165) is 25.6 Å². The highest BCUT2D eigenvalue weighted by atomic mass is 19.2. The Hall–Kier alpha value is -1.00. The first kappa shape index (κ1) is 15.4. The van der Waals surface area contributed by atoms with Crippen LogP contribution in [-0.4, -0.2) is 30.6 Å². The standard InChI is InChI=1S/C16H24F2N2/c1-16(2)9-5-10-20(16)11-8-14(19-3)12-6-4-7-13(17)15(12)18/h4,6-7,14,19H,5,8-11H2,1-3H3. The van der Waals surface area contributed by atoms with Gasteiger partial charge in [0.2, 0.25) is 0 Å². The summed E-state index contributed by atoms with van der Waals surface area (Å²) in [7, 11) is 1.80. The molecular weight excluding hydrogens is 258 g/mol. The molecule has 2 rings (SSSR count). The summed E-state index contributed by atoms with van der Waals surface area (Å²) >= 11 is 0. The summed E-state index contributed by atoms with van der Waals surface area (Å²) in [5.41, 5.74) is 0.642. The maximum Gasteiger partial charge on any atom is 0.163 e. The van der Waals surface area contributed by atoms with Crippen LogP contribution in [0.1, 0.15) is 44.7 Å². The van der Waals surface area contributed by atoms with Crippen LogP contribution < -0.4 is 5.32 Å². The quantitative estimate of drug-likeness (QED) is 0.889. The van der Waals surface area contributed by atoms with Gasteiger partial charge in [-0.25, -0.2) is 8.78 Å². The molecule has 112 valence electrons. The summed E-state index contributed by atoms with van der Waals surface area (Å²) in [5, 5.41) is 3.10. The molecule has 1 saturated heterocycles. The van der Waals surface area contributed by atoms with Gasteiger partial charge in [0, 0.05) is 23.7 Å². The lowest BCUT2D eigenvalue weighted by Crippen LogP contribution is -2.39. The molecule has 1 aromatic rings. The first-order valence-electron chi connectivity index (χ1n) is 7.32. The van der Waals surface area contributed by atoms with Gasteiger partial charge in [0.15, 0.2) is 11.6 Å². The fraction of sp³-hybridized carbons (Fsp3) is 0.625. The van der Waals surface area contributed by atoms with Gasteiger partial charge < -0.3 is 5.32 Å². The second-order valence-electron chi connectivity index (χ2n) is 6.18. The van der Waals surface area contributed by atoms with Crippen molar-refractivity contribution in [2.45, 2.75) is 44.7 Å². The van der Waals surface area contributed by atoms with Crippen molar-refractivity contribution in [3.05, 3.63) is 35.4 Å². The van der Waals surface area contributed by atoms with E-state index in [9.17, 15) is 8.78 Å². The second kappa shape index (κ2) is 6.19. The van der Waals surface area contributed by atoms with Crippen molar-refractivity contribution in [2.24, 2.45) is 0 Å². The topological polar surface area (TPSA) is 15.3 Å². The molecule has 0 aromatic heterocycles. The van der Waals surface area contributed by atoms with Crippen molar-refractivity contribution >= 4 is 0 Å². The molecule has 0 amide bonds. The molecule has 1 N–H and O–H groups in total. The summed E-state index contributed by atoms with van der Waals surface area (Å²) in [6.45, 7) is 6.48. The van der Waals surface area contributed by atoms with E-state index in [0.29, 0.717) is 5.56 Å². The van der Waals surface area contributed by atoms with Crippen LogP contribution in [-0.2, 0) is 0 Å². The largest absolute Gasteiger partial charge is 0.313 e. The predicted molar refractivity (Wildman–Crippen MR) is 77.7 cm³/mol. The Morgan fingerprint density at radius 3 is 2.70 bits per heavy atom. The van der Waals surface area contributed by atoms with Crippen molar-refractivity contribution in [1.82, 2.24) is 10.2 Å². The zero-order chi connectivity index (χ0) is 14.8. The number of hydrogen-bond donors (Lipinski definition) is 1. The molecular formula is C16H24F2N2. The lowest BCUT2D eigenvalue weighted by atomic mass is 9.99. The van der Waals surface area contributed by atoms with Crippen molar-refractivity contribution in [3.8, 4) is 0 Å². The van der Waals surface area contributed by atoms with E-state index in [4.69, 9.17) is 0 Å². The van der Waals surface area contributed by atoms with Gasteiger partial charge in [-0.3, -0.25) is 4.90 Å². The van der Waals surface area contributed by atoms with Gasteiger partial charge in [-0.05, 0) is 52.8 Å². The minimum Gasteiger partial charge on any atom is -0.313 e. The number of hydrogen-bond acceptors (Lipinski definition) is 2. The van der Waals surface area contributed by atoms with E-state index < -0.39 is 11.6 Å². The van der Waals surface area contributed by atoms with Crippen molar-refractivity contribution < 1.29 is 8.78 Å². The molecule has 20 heavy (non-hydrogen) atoms. The van der Waals surface area contributed by atoms with Crippen LogP contribution in [0.25, 0.3) is 0 Å². The first-order valence-corrected chi connectivity index (χ1v) is 7.32. The molecule has 1 unspecified atom stereocenters. The van der Waals surface area contributed by atoms with Crippen LogP contribution in [0.2, 0.25) is 0 Å². The predicted octanol–water partition coefficient (Wildman–Crippen LogP) is 3.49. The summed E-state index contributed by atoms with van der Waals surface area (Å²) in [6.07, 6.45) is 3.19. The number of rotatable bonds is 5. The molecule has 1 aromatic carbocycles.